The highest BCUT2D eigenvalue weighted by Crippen LogP contribution is 2.30. The number of hydrogen-bond donors (Lipinski definition) is 1. The second-order valence-electron chi connectivity index (χ2n) is 6.90. The summed E-state index contributed by atoms with van der Waals surface area (Å²) in [5.74, 6) is 1.13. The quantitative estimate of drug-likeness (QED) is 0.354. The number of aromatic hydroxyl groups is 1. The number of imidazole rings is 1. The van der Waals surface area contributed by atoms with Crippen molar-refractivity contribution in [3.05, 3.63) is 94.4 Å². The Kier molecular flexibility index (Phi) is 5.93. The van der Waals surface area contributed by atoms with Gasteiger partial charge in [0.05, 0.1) is 10.7 Å². The lowest BCUT2D eigenvalue weighted by molar-refractivity contribution is 0.475. The monoisotopic (exact) mass is 434 g/mol. The van der Waals surface area contributed by atoms with Gasteiger partial charge in [0.2, 0.25) is 0 Å². The second-order valence-corrected chi connectivity index (χ2v) is 7.74. The minimum Gasteiger partial charge on any atom is -0.508 e. The Morgan fingerprint density at radius 3 is 2.20 bits per heavy atom. The molecule has 3 nitrogen and oxygen atoms in total. The van der Waals surface area contributed by atoms with Crippen LogP contribution < -0.4 is 0 Å². The highest BCUT2D eigenvalue weighted by atomic mass is 35.5. The topological polar surface area (TPSA) is 38.0 Å². The average molecular weight is 435 g/mol. The van der Waals surface area contributed by atoms with Crippen LogP contribution in [0, 0.1) is 0 Å². The van der Waals surface area contributed by atoms with Crippen LogP contribution in [0.15, 0.2) is 72.9 Å². The van der Waals surface area contributed by atoms with Crippen molar-refractivity contribution in [3.8, 4) is 28.1 Å². The van der Waals surface area contributed by atoms with Crippen molar-refractivity contribution in [3.63, 3.8) is 0 Å². The Labute approximate surface area is 185 Å². The molecular weight excluding hydrogens is 415 g/mol. The summed E-state index contributed by atoms with van der Waals surface area (Å²) in [5, 5.41) is 10.6. The third-order valence-electron chi connectivity index (χ3n) is 4.89. The van der Waals surface area contributed by atoms with Crippen LogP contribution in [0.5, 0.6) is 5.75 Å². The molecule has 1 heterocycles. The maximum Gasteiger partial charge on any atom is 0.133 e. The maximum atomic E-state index is 9.44. The SMILES string of the molecule is CCn1cc(-c2ccc(Cl)cc2Cl)nc1/C=C/c1ccc(-c2ccc(O)cc2)cc1. The summed E-state index contributed by atoms with van der Waals surface area (Å²) in [6.45, 7) is 2.89. The molecule has 30 heavy (non-hydrogen) atoms. The molecule has 0 aliphatic rings. The third-order valence-corrected chi connectivity index (χ3v) is 5.44. The van der Waals surface area contributed by atoms with Crippen molar-refractivity contribution in [2.45, 2.75) is 13.5 Å². The fourth-order valence-electron chi connectivity index (χ4n) is 3.25. The number of halogens is 2. The van der Waals surface area contributed by atoms with E-state index in [1.807, 2.05) is 42.6 Å². The number of aromatic nitrogens is 2. The molecule has 0 spiro atoms. The lowest BCUT2D eigenvalue weighted by atomic mass is 10.0. The Morgan fingerprint density at radius 2 is 1.57 bits per heavy atom. The van der Waals surface area contributed by atoms with Gasteiger partial charge < -0.3 is 9.67 Å². The van der Waals surface area contributed by atoms with E-state index in [2.05, 4.69) is 35.8 Å². The molecule has 0 aliphatic carbocycles. The normalized spacial score (nSPS) is 11.3. The van der Waals surface area contributed by atoms with Crippen LogP contribution >= 0.6 is 23.2 Å². The summed E-state index contributed by atoms with van der Waals surface area (Å²) in [6.07, 6.45) is 6.05. The molecule has 1 N–H and O–H groups in total. The van der Waals surface area contributed by atoms with E-state index >= 15 is 0 Å². The number of hydrogen-bond acceptors (Lipinski definition) is 2. The minimum atomic E-state index is 0.268. The van der Waals surface area contributed by atoms with E-state index < -0.39 is 0 Å². The predicted molar refractivity (Wildman–Crippen MR) is 126 cm³/mol. The van der Waals surface area contributed by atoms with Gasteiger partial charge >= 0.3 is 0 Å². The summed E-state index contributed by atoms with van der Waals surface area (Å²) in [5.41, 5.74) is 4.92. The van der Waals surface area contributed by atoms with E-state index in [0.717, 1.165) is 40.3 Å². The Balaban J connectivity index is 1.57. The Morgan fingerprint density at radius 1 is 0.900 bits per heavy atom. The van der Waals surface area contributed by atoms with Crippen molar-refractivity contribution in [1.82, 2.24) is 9.55 Å². The molecule has 0 aliphatic heterocycles. The number of aryl methyl sites for hydroxylation is 1. The first-order valence-corrected chi connectivity index (χ1v) is 10.4. The lowest BCUT2D eigenvalue weighted by Gasteiger charge is -2.03. The third kappa shape index (κ3) is 4.43. The van der Waals surface area contributed by atoms with Gasteiger partial charge in [0, 0.05) is 23.3 Å². The second kappa shape index (κ2) is 8.78. The van der Waals surface area contributed by atoms with E-state index in [1.165, 1.54) is 0 Å². The van der Waals surface area contributed by atoms with Gasteiger partial charge in [-0.25, -0.2) is 4.98 Å². The zero-order valence-corrected chi connectivity index (χ0v) is 17.9. The van der Waals surface area contributed by atoms with Crippen molar-refractivity contribution in [2.75, 3.05) is 0 Å². The highest BCUT2D eigenvalue weighted by Gasteiger charge is 2.10. The molecule has 1 aromatic heterocycles. The molecule has 150 valence electrons. The molecule has 0 saturated carbocycles. The molecule has 0 radical (unpaired) electrons. The molecule has 4 aromatic rings. The molecule has 0 unspecified atom stereocenters. The van der Waals surface area contributed by atoms with Gasteiger partial charge in [-0.3, -0.25) is 0 Å². The molecule has 0 saturated heterocycles. The minimum absolute atomic E-state index is 0.268. The lowest BCUT2D eigenvalue weighted by Crippen LogP contribution is -1.94. The summed E-state index contributed by atoms with van der Waals surface area (Å²) in [4.78, 5) is 4.76. The number of phenols is 1. The molecule has 0 amide bonds. The van der Waals surface area contributed by atoms with Crippen LogP contribution in [-0.2, 0) is 6.54 Å². The van der Waals surface area contributed by atoms with Gasteiger partial charge in [0.25, 0.3) is 0 Å². The van der Waals surface area contributed by atoms with E-state index in [1.54, 1.807) is 18.2 Å². The van der Waals surface area contributed by atoms with E-state index in [-0.39, 0.29) is 5.75 Å². The van der Waals surface area contributed by atoms with Crippen molar-refractivity contribution in [1.29, 1.82) is 0 Å². The molecule has 3 aromatic carbocycles. The first kappa shape index (κ1) is 20.3. The summed E-state index contributed by atoms with van der Waals surface area (Å²) in [6, 6.07) is 20.9. The molecular formula is C25H20Cl2N2O. The Bertz CT molecular complexity index is 1190. The first-order chi connectivity index (χ1) is 14.5. The molecule has 0 atom stereocenters. The van der Waals surface area contributed by atoms with Crippen LogP contribution in [0.3, 0.4) is 0 Å². The standard InChI is InChI=1S/C25H20Cl2N2O/c1-2-29-16-24(22-13-10-20(26)15-23(22)27)28-25(29)14-5-17-3-6-18(7-4-17)19-8-11-21(30)12-9-19/h3-16,30H,2H2,1H3/b14-5+. The molecule has 5 heteroatoms. The number of nitrogens with zero attached hydrogens (tertiary/aromatic N) is 2. The Hall–Kier alpha value is -3.01. The largest absolute Gasteiger partial charge is 0.508 e. The van der Waals surface area contributed by atoms with Crippen LogP contribution in [0.25, 0.3) is 34.5 Å². The van der Waals surface area contributed by atoms with E-state index in [9.17, 15) is 5.11 Å². The maximum absolute atomic E-state index is 9.44. The first-order valence-electron chi connectivity index (χ1n) is 9.63. The fourth-order valence-corrected chi connectivity index (χ4v) is 3.76. The average Bonchev–Trinajstić information content (AvgIpc) is 3.16. The summed E-state index contributed by atoms with van der Waals surface area (Å²) < 4.78 is 2.08. The summed E-state index contributed by atoms with van der Waals surface area (Å²) in [7, 11) is 0. The van der Waals surface area contributed by atoms with Gasteiger partial charge in [-0.15, -0.1) is 0 Å². The van der Waals surface area contributed by atoms with Gasteiger partial charge in [-0.1, -0.05) is 65.7 Å². The predicted octanol–water partition coefficient (Wildman–Crippen LogP) is 7.42. The van der Waals surface area contributed by atoms with Crippen molar-refractivity contribution >= 4 is 35.4 Å². The number of phenolic OH excluding ortho intramolecular Hbond substituents is 1. The van der Waals surface area contributed by atoms with Crippen LogP contribution in [0.4, 0.5) is 0 Å². The number of benzene rings is 3. The van der Waals surface area contributed by atoms with Crippen LogP contribution in [0.2, 0.25) is 10.0 Å². The van der Waals surface area contributed by atoms with Gasteiger partial charge in [0.15, 0.2) is 0 Å². The van der Waals surface area contributed by atoms with Gasteiger partial charge in [-0.05, 0) is 60.0 Å². The van der Waals surface area contributed by atoms with Crippen molar-refractivity contribution < 1.29 is 5.11 Å². The zero-order chi connectivity index (χ0) is 21.1. The van der Waals surface area contributed by atoms with Crippen LogP contribution in [-0.4, -0.2) is 14.7 Å². The number of rotatable bonds is 5. The molecule has 0 fully saturated rings. The molecule has 0 bridgehead atoms. The molecule has 4 rings (SSSR count). The van der Waals surface area contributed by atoms with E-state index in [4.69, 9.17) is 28.2 Å². The van der Waals surface area contributed by atoms with Gasteiger partial charge in [0.1, 0.15) is 11.6 Å². The van der Waals surface area contributed by atoms with E-state index in [0.29, 0.717) is 10.0 Å². The highest BCUT2D eigenvalue weighted by molar-refractivity contribution is 6.36. The smallest absolute Gasteiger partial charge is 0.133 e. The summed E-state index contributed by atoms with van der Waals surface area (Å²) >= 11 is 12.4. The zero-order valence-electron chi connectivity index (χ0n) is 16.4. The fraction of sp³-hybridized carbons (Fsp3) is 0.0800. The van der Waals surface area contributed by atoms with Crippen molar-refractivity contribution in [2.24, 2.45) is 0 Å². The van der Waals surface area contributed by atoms with Gasteiger partial charge in [-0.2, -0.15) is 0 Å². The van der Waals surface area contributed by atoms with Crippen LogP contribution in [0.1, 0.15) is 18.3 Å².